The molecule has 4 nitrogen and oxygen atoms in total. The Kier molecular flexibility index (Phi) is 5.11. The van der Waals surface area contributed by atoms with Crippen molar-refractivity contribution in [2.24, 2.45) is 0 Å². The van der Waals surface area contributed by atoms with Crippen LogP contribution in [-0.2, 0) is 6.42 Å². The second kappa shape index (κ2) is 7.85. The maximum atomic E-state index is 5.29. The van der Waals surface area contributed by atoms with Crippen LogP contribution < -0.4 is 9.47 Å². The number of ether oxygens (including phenoxy) is 2. The third-order valence-electron chi connectivity index (χ3n) is 5.12. The van der Waals surface area contributed by atoms with Crippen LogP contribution in [0.1, 0.15) is 35.5 Å². The van der Waals surface area contributed by atoms with Crippen LogP contribution in [0.25, 0.3) is 22.9 Å². The minimum atomic E-state index is 0.798. The maximum absolute atomic E-state index is 5.29. The monoisotopic (exact) mass is 372 g/mol. The Morgan fingerprint density at radius 3 is 2.04 bits per heavy atom. The third-order valence-corrected chi connectivity index (χ3v) is 5.12. The summed E-state index contributed by atoms with van der Waals surface area (Å²) in [6.07, 6.45) is 5.36. The van der Waals surface area contributed by atoms with Gasteiger partial charge in [-0.15, -0.1) is 0 Å². The normalized spacial score (nSPS) is 14.6. The van der Waals surface area contributed by atoms with E-state index in [1.165, 1.54) is 11.1 Å². The summed E-state index contributed by atoms with van der Waals surface area (Å²) < 4.78 is 10.6. The van der Waals surface area contributed by atoms with Crippen molar-refractivity contribution in [1.82, 2.24) is 9.97 Å². The molecule has 0 N–H and O–H groups in total. The number of rotatable bonds is 4. The lowest BCUT2D eigenvalue weighted by molar-refractivity contribution is 0.414. The van der Waals surface area contributed by atoms with Gasteiger partial charge in [0.15, 0.2) is 0 Å². The van der Waals surface area contributed by atoms with Gasteiger partial charge in [0.2, 0.25) is 0 Å². The highest BCUT2D eigenvalue weighted by Gasteiger charge is 2.21. The van der Waals surface area contributed by atoms with Crippen molar-refractivity contribution >= 4 is 11.6 Å². The Bertz CT molecular complexity index is 1010. The van der Waals surface area contributed by atoms with Gasteiger partial charge in [-0.05, 0) is 79.8 Å². The van der Waals surface area contributed by atoms with Gasteiger partial charge in [-0.1, -0.05) is 12.1 Å². The SMILES string of the molecule is COc1ccc(/C=C2\CCCc3c2nc(C)nc3-c2ccc(OC)cc2)cc1. The number of hydrogen-bond acceptors (Lipinski definition) is 4. The van der Waals surface area contributed by atoms with Crippen LogP contribution in [0, 0.1) is 6.92 Å². The predicted octanol–water partition coefficient (Wildman–Crippen LogP) is 5.35. The zero-order valence-electron chi connectivity index (χ0n) is 16.5. The van der Waals surface area contributed by atoms with Crippen LogP contribution in [0.5, 0.6) is 11.5 Å². The van der Waals surface area contributed by atoms with E-state index < -0.39 is 0 Å². The molecule has 4 heteroatoms. The Morgan fingerprint density at radius 2 is 1.39 bits per heavy atom. The van der Waals surface area contributed by atoms with Crippen LogP contribution >= 0.6 is 0 Å². The second-order valence-electron chi connectivity index (χ2n) is 6.97. The van der Waals surface area contributed by atoms with Crippen LogP contribution in [-0.4, -0.2) is 24.2 Å². The molecule has 28 heavy (non-hydrogen) atoms. The summed E-state index contributed by atoms with van der Waals surface area (Å²) >= 11 is 0. The first kappa shape index (κ1) is 18.2. The molecule has 0 radical (unpaired) electrons. The van der Waals surface area contributed by atoms with Gasteiger partial charge in [-0.3, -0.25) is 0 Å². The molecule has 0 spiro atoms. The van der Waals surface area contributed by atoms with Crippen molar-refractivity contribution in [2.75, 3.05) is 14.2 Å². The lowest BCUT2D eigenvalue weighted by Gasteiger charge is -2.21. The zero-order valence-corrected chi connectivity index (χ0v) is 16.5. The van der Waals surface area contributed by atoms with Gasteiger partial charge in [0.05, 0.1) is 25.6 Å². The molecule has 1 aliphatic carbocycles. The van der Waals surface area contributed by atoms with Crippen LogP contribution in [0.4, 0.5) is 0 Å². The highest BCUT2D eigenvalue weighted by molar-refractivity contribution is 5.84. The van der Waals surface area contributed by atoms with Crippen LogP contribution in [0.15, 0.2) is 48.5 Å². The molecule has 2 aromatic carbocycles. The molecule has 1 aromatic heterocycles. The van der Waals surface area contributed by atoms with Gasteiger partial charge in [0, 0.05) is 11.1 Å². The Hall–Kier alpha value is -3.14. The molecule has 142 valence electrons. The fourth-order valence-electron chi connectivity index (χ4n) is 3.70. The van der Waals surface area contributed by atoms with Crippen molar-refractivity contribution in [3.63, 3.8) is 0 Å². The number of fused-ring (bicyclic) bond motifs is 1. The summed E-state index contributed by atoms with van der Waals surface area (Å²) in [5, 5.41) is 0. The van der Waals surface area contributed by atoms with E-state index in [0.717, 1.165) is 59.1 Å². The molecular formula is C24H24N2O2. The van der Waals surface area contributed by atoms with Crippen molar-refractivity contribution < 1.29 is 9.47 Å². The minimum Gasteiger partial charge on any atom is -0.497 e. The molecule has 4 rings (SSSR count). The molecule has 1 heterocycles. The first-order valence-electron chi connectivity index (χ1n) is 9.55. The smallest absolute Gasteiger partial charge is 0.126 e. The standard InChI is InChI=1S/C24H24N2O2/c1-16-25-23(18-9-13-21(28-3)14-10-18)22-6-4-5-19(24(22)26-16)15-17-7-11-20(27-2)12-8-17/h7-15H,4-6H2,1-3H3/b19-15+. The number of hydrogen-bond donors (Lipinski definition) is 0. The minimum absolute atomic E-state index is 0.798. The first-order valence-corrected chi connectivity index (χ1v) is 9.55. The molecule has 0 amide bonds. The van der Waals surface area contributed by atoms with Crippen molar-refractivity contribution in [2.45, 2.75) is 26.2 Å². The molecule has 0 bridgehead atoms. The summed E-state index contributed by atoms with van der Waals surface area (Å²) in [6, 6.07) is 16.3. The highest BCUT2D eigenvalue weighted by atomic mass is 16.5. The molecule has 0 unspecified atom stereocenters. The summed E-state index contributed by atoms with van der Waals surface area (Å²) in [6.45, 7) is 1.97. The number of benzene rings is 2. The van der Waals surface area contributed by atoms with E-state index in [2.05, 4.69) is 30.3 Å². The van der Waals surface area contributed by atoms with E-state index in [9.17, 15) is 0 Å². The van der Waals surface area contributed by atoms with E-state index in [1.54, 1.807) is 14.2 Å². The van der Waals surface area contributed by atoms with Gasteiger partial charge in [0.1, 0.15) is 17.3 Å². The van der Waals surface area contributed by atoms with Gasteiger partial charge in [-0.25, -0.2) is 9.97 Å². The zero-order chi connectivity index (χ0) is 19.5. The topological polar surface area (TPSA) is 44.2 Å². The van der Waals surface area contributed by atoms with E-state index >= 15 is 0 Å². The summed E-state index contributed by atoms with van der Waals surface area (Å²) in [7, 11) is 3.37. The highest BCUT2D eigenvalue weighted by Crippen LogP contribution is 2.36. The number of aromatic nitrogens is 2. The summed E-state index contributed by atoms with van der Waals surface area (Å²) in [5.74, 6) is 2.52. The van der Waals surface area contributed by atoms with Crippen molar-refractivity contribution in [1.29, 1.82) is 0 Å². The molecule has 1 aliphatic rings. The summed E-state index contributed by atoms with van der Waals surface area (Å²) in [4.78, 5) is 9.60. The van der Waals surface area contributed by atoms with Crippen molar-refractivity contribution in [3.8, 4) is 22.8 Å². The first-order chi connectivity index (χ1) is 13.7. The van der Waals surface area contributed by atoms with Gasteiger partial charge >= 0.3 is 0 Å². The third kappa shape index (κ3) is 3.63. The lowest BCUT2D eigenvalue weighted by atomic mass is 9.87. The lowest BCUT2D eigenvalue weighted by Crippen LogP contribution is -2.10. The van der Waals surface area contributed by atoms with E-state index in [-0.39, 0.29) is 0 Å². The van der Waals surface area contributed by atoms with E-state index in [0.29, 0.717) is 0 Å². The molecule has 3 aromatic rings. The Morgan fingerprint density at radius 1 is 0.786 bits per heavy atom. The Labute approximate surface area is 165 Å². The average molecular weight is 372 g/mol. The largest absolute Gasteiger partial charge is 0.497 e. The second-order valence-corrected chi connectivity index (χ2v) is 6.97. The van der Waals surface area contributed by atoms with Crippen LogP contribution in [0.2, 0.25) is 0 Å². The molecule has 0 aliphatic heterocycles. The molecule has 0 atom stereocenters. The van der Waals surface area contributed by atoms with E-state index in [1.807, 2.05) is 31.2 Å². The average Bonchev–Trinajstić information content (AvgIpc) is 2.74. The predicted molar refractivity (Wildman–Crippen MR) is 113 cm³/mol. The molecule has 0 fully saturated rings. The number of aryl methyl sites for hydroxylation is 1. The van der Waals surface area contributed by atoms with E-state index in [4.69, 9.17) is 19.4 Å². The number of allylic oxidation sites excluding steroid dienone is 1. The fraction of sp³-hybridized carbons (Fsp3) is 0.250. The number of methoxy groups -OCH3 is 2. The number of nitrogens with zero attached hydrogens (tertiary/aromatic N) is 2. The quantitative estimate of drug-likeness (QED) is 0.619. The summed E-state index contributed by atoms with van der Waals surface area (Å²) in [5.41, 5.74) is 6.89. The fourth-order valence-corrected chi connectivity index (χ4v) is 3.70. The molecule has 0 saturated heterocycles. The molecular weight excluding hydrogens is 348 g/mol. The van der Waals surface area contributed by atoms with Crippen LogP contribution in [0.3, 0.4) is 0 Å². The van der Waals surface area contributed by atoms with Crippen molar-refractivity contribution in [3.05, 3.63) is 71.2 Å². The van der Waals surface area contributed by atoms with Gasteiger partial charge in [-0.2, -0.15) is 0 Å². The Balaban J connectivity index is 1.78. The van der Waals surface area contributed by atoms with Gasteiger partial charge < -0.3 is 9.47 Å². The molecule has 0 saturated carbocycles. The van der Waals surface area contributed by atoms with Gasteiger partial charge in [0.25, 0.3) is 0 Å². The maximum Gasteiger partial charge on any atom is 0.126 e.